The predicted octanol–water partition coefficient (Wildman–Crippen LogP) is 19.9. The third-order valence-corrected chi connectivity index (χ3v) is 18.8. The number of benzene rings is 8. The van der Waals surface area contributed by atoms with Gasteiger partial charge in [0.25, 0.3) is 11.8 Å². The Morgan fingerprint density at radius 3 is 0.549 bits per heavy atom. The Morgan fingerprint density at radius 1 is 0.268 bits per heavy atom. The SMILES string of the molecule is Cc1ccc(C(C)C)cc1.Cc1ccc(C(C)C)cc1.Cc1ccc(C(C)C)cc1.Cc1ccc(C(C)C)cc1.O=C(Nc1ccc(C#Cc2ccncc2)cc1)c1ccncc1.O=C(Nc1ccc(C#Cc2ccncc2)cc1)c1ccncc1.O=S(=O)([O-])C(F)(F)F.O=S(=O)([O-])C(F)(F)F.O=S(=O)([O-])C(F)(F)F.O=S(=O)([O-])C(F)(F)F.Oc1cc(O)c(O)cc1O.Oc1cc(O)c(O)cc1O.[Ru+].[Ru+].[Ru+].[Ru+]. The van der Waals surface area contributed by atoms with Gasteiger partial charge in [0.1, 0.15) is 0 Å². The molecule has 0 spiro atoms. The van der Waals surface area contributed by atoms with Crippen LogP contribution >= 0.6 is 0 Å². The number of nitrogens with one attached hydrogen (secondary N) is 2. The number of hydrogen-bond donors (Lipinski definition) is 10. The van der Waals surface area contributed by atoms with Crippen LogP contribution < -0.4 is 10.6 Å². The summed E-state index contributed by atoms with van der Waals surface area (Å²) in [6.07, 6.45) is 13.2. The van der Waals surface area contributed by atoms with Crippen LogP contribution in [-0.4, -0.2) is 147 Å². The smallest absolute Gasteiger partial charge is 0.741 e. The van der Waals surface area contributed by atoms with Crippen LogP contribution in [0.15, 0.2) is 268 Å². The van der Waals surface area contributed by atoms with Gasteiger partial charge in [0.15, 0.2) is 86.5 Å². The predicted molar refractivity (Wildman–Crippen MR) is 488 cm³/mol. The number of rotatable bonds is 8. The third kappa shape index (κ3) is 57.3. The van der Waals surface area contributed by atoms with E-state index in [0.717, 1.165) is 57.9 Å². The zero-order valence-corrected chi connectivity index (χ0v) is 86.6. The molecule has 28 nitrogen and oxygen atoms in total. The molecule has 0 saturated heterocycles. The van der Waals surface area contributed by atoms with Crippen LogP contribution in [0.2, 0.25) is 0 Å². The van der Waals surface area contributed by atoms with E-state index in [9.17, 15) is 62.3 Å². The number of aryl methyl sites for hydroxylation is 4. The summed E-state index contributed by atoms with van der Waals surface area (Å²) in [5.41, 5.74) is -5.38. The second-order valence-electron chi connectivity index (χ2n) is 29.0. The number of halogens is 12. The molecular weight excluding hydrogens is 2330 g/mol. The van der Waals surface area contributed by atoms with E-state index in [1.54, 1.807) is 73.8 Å². The molecule has 0 aliphatic carbocycles. The van der Waals surface area contributed by atoms with Crippen LogP contribution in [-0.2, 0) is 118 Å². The van der Waals surface area contributed by atoms with Crippen LogP contribution in [0.3, 0.4) is 0 Å². The summed E-state index contributed by atoms with van der Waals surface area (Å²) in [6.45, 7) is 26.2. The summed E-state index contributed by atoms with van der Waals surface area (Å²) >= 11 is 0. The number of aromatic hydroxyl groups is 8. The molecule has 4 heterocycles. The molecule has 142 heavy (non-hydrogen) atoms. The summed E-state index contributed by atoms with van der Waals surface area (Å²) in [4.78, 5) is 39.8. The molecular formula is C94H94F12N6O22Ru4S4. The van der Waals surface area contributed by atoms with Crippen molar-refractivity contribution >= 4 is 63.7 Å². The minimum absolute atomic E-state index is 0. The number of hydrogen-bond acceptors (Lipinski definition) is 26. The van der Waals surface area contributed by atoms with E-state index in [4.69, 9.17) is 92.7 Å². The standard InChI is InChI=1S/2C19H13N3O.4C10H14.2C6H6O4.4CHF3O3S.4Ru/c2*23-19(17-9-13-21-14-10-17)22-18-5-3-15(4-6-18)1-2-16-7-11-20-12-8-16;4*1-8(2)10-6-4-9(3)5-7-10;2*7-3-1-4(8)6(10)2-5(3)9;4*2-1(3,4)8(5,6)7;;;;/h2*3-14H,(H,22,23);4*4-8H,1-3H3;2*1-2,7-10H;4*(H,5,6,7);;;;/q;;;;;;;;;;;;4*+1/p-4. The van der Waals surface area contributed by atoms with Crippen LogP contribution in [0.1, 0.15) is 167 Å². The second kappa shape index (κ2) is 65.3. The molecule has 48 heteroatoms. The van der Waals surface area contributed by atoms with Crippen molar-refractivity contribution in [3.8, 4) is 69.7 Å². The fraction of sp³-hybridized carbons (Fsp3) is 0.213. The second-order valence-corrected chi connectivity index (χ2v) is 34.5. The molecule has 8 aromatic carbocycles. The molecule has 0 aliphatic heterocycles. The molecule has 0 atom stereocenters. The fourth-order valence-corrected chi connectivity index (χ4v) is 8.76. The molecule has 0 unspecified atom stereocenters. The third-order valence-electron chi connectivity index (χ3n) is 16.5. The first kappa shape index (κ1) is 136. The van der Waals surface area contributed by atoms with E-state index in [1.807, 2.05) is 72.8 Å². The van der Waals surface area contributed by atoms with Crippen molar-refractivity contribution in [1.29, 1.82) is 0 Å². The Hall–Kier alpha value is -11.9. The molecule has 0 saturated carbocycles. The van der Waals surface area contributed by atoms with Gasteiger partial charge < -0.3 is 69.7 Å². The molecule has 4 aromatic heterocycles. The van der Waals surface area contributed by atoms with E-state index in [-0.39, 0.29) is 89.7 Å². The number of pyridine rings is 4. The summed E-state index contributed by atoms with van der Waals surface area (Å²) < 4.78 is 236. The van der Waals surface area contributed by atoms with E-state index in [2.05, 4.69) is 234 Å². The van der Waals surface area contributed by atoms with Gasteiger partial charge in [0.05, 0.1) is 0 Å². The van der Waals surface area contributed by atoms with Crippen molar-refractivity contribution in [1.82, 2.24) is 19.9 Å². The molecule has 0 aliphatic rings. The summed E-state index contributed by atoms with van der Waals surface area (Å²) in [7, 11) is -24.4. The summed E-state index contributed by atoms with van der Waals surface area (Å²) in [5, 5.41) is 75.3. The average molecular weight is 2420 g/mol. The summed E-state index contributed by atoms with van der Waals surface area (Å²) in [6, 6.07) is 67.2. The van der Waals surface area contributed by atoms with Crippen LogP contribution in [0, 0.1) is 51.4 Å². The topological polar surface area (TPSA) is 500 Å². The monoisotopic (exact) mass is 2420 g/mol. The maximum absolute atomic E-state index is 12.0. The van der Waals surface area contributed by atoms with Gasteiger partial charge in [0.2, 0.25) is 0 Å². The molecule has 772 valence electrons. The quantitative estimate of drug-likeness (QED) is 0.0128. The van der Waals surface area contributed by atoms with Crippen molar-refractivity contribution in [3.63, 3.8) is 0 Å². The average Bonchev–Trinajstić information content (AvgIpc) is 0.888. The van der Waals surface area contributed by atoms with Gasteiger partial charge in [-0.15, -0.1) is 0 Å². The largest absolute Gasteiger partial charge is 1.00 e. The first-order chi connectivity index (χ1) is 63.6. The zero-order valence-electron chi connectivity index (χ0n) is 76.4. The van der Waals surface area contributed by atoms with Gasteiger partial charge in [-0.3, -0.25) is 29.5 Å². The number of carbonyl (C=O) groups excluding carboxylic acids is 2. The van der Waals surface area contributed by atoms with Crippen LogP contribution in [0.5, 0.6) is 46.0 Å². The summed E-state index contributed by atoms with van der Waals surface area (Å²) in [5.74, 6) is 10.9. The Morgan fingerprint density at radius 2 is 0.408 bits per heavy atom. The van der Waals surface area contributed by atoms with E-state index < -0.39 is 109 Å². The molecule has 12 rings (SSSR count). The number of alkyl halides is 12. The number of phenolic OH excluding ortho intramolecular Hbond substituents is 8. The van der Waals surface area contributed by atoms with E-state index in [1.165, 1.54) is 44.5 Å². The minimum Gasteiger partial charge on any atom is -0.741 e. The molecule has 10 N–H and O–H groups in total. The van der Waals surface area contributed by atoms with E-state index in [0.29, 0.717) is 34.8 Å². The minimum atomic E-state index is -6.09. The molecule has 0 bridgehead atoms. The Bertz CT molecular complexity index is 5710. The van der Waals surface area contributed by atoms with Gasteiger partial charge in [-0.1, -0.05) is 198 Å². The maximum Gasteiger partial charge on any atom is 1.00 e. The van der Waals surface area contributed by atoms with Gasteiger partial charge in [-0.2, -0.15) is 52.7 Å². The van der Waals surface area contributed by atoms with Crippen molar-refractivity contribution in [2.45, 2.75) is 129 Å². The molecule has 0 fully saturated rings. The van der Waals surface area contributed by atoms with Gasteiger partial charge in [-0.25, -0.2) is 33.7 Å². The van der Waals surface area contributed by atoms with E-state index >= 15 is 0 Å². The molecule has 12 aromatic rings. The first-order valence-corrected chi connectivity index (χ1v) is 45.0. The number of nitrogens with zero attached hydrogens (tertiary/aromatic N) is 4. The van der Waals surface area contributed by atoms with Crippen molar-refractivity contribution in [2.75, 3.05) is 10.6 Å². The molecule has 4 radical (unpaired) electrons. The van der Waals surface area contributed by atoms with Gasteiger partial charge >= 0.3 is 99.9 Å². The number of anilines is 2. The number of carbonyl (C=O) groups is 2. The Labute approximate surface area is 864 Å². The number of phenols is 8. The van der Waals surface area contributed by atoms with Crippen LogP contribution in [0.25, 0.3) is 0 Å². The first-order valence-electron chi connectivity index (χ1n) is 39.3. The van der Waals surface area contributed by atoms with Crippen molar-refractivity contribution in [3.05, 3.63) is 346 Å². The normalized spacial score (nSPS) is 10.5. The maximum atomic E-state index is 12.0. The van der Waals surface area contributed by atoms with Crippen molar-refractivity contribution < 1.29 is 233 Å². The zero-order chi connectivity index (χ0) is 106. The number of aromatic nitrogens is 4. The van der Waals surface area contributed by atoms with Gasteiger partial charge in [0, 0.05) is 119 Å². The van der Waals surface area contributed by atoms with Crippen LogP contribution in [0.4, 0.5) is 64.1 Å². The Balaban J connectivity index is -0.000000748. The molecule has 2 amide bonds. The van der Waals surface area contributed by atoms with Gasteiger partial charge in [-0.05, 0) is 171 Å². The fourth-order valence-electron chi connectivity index (χ4n) is 8.76. The Kier molecular flexibility index (Phi) is 62.7. The number of amides is 2. The van der Waals surface area contributed by atoms with Crippen molar-refractivity contribution in [2.24, 2.45) is 0 Å².